The minimum absolute atomic E-state index is 0.0786. The zero-order valence-electron chi connectivity index (χ0n) is 15.4. The predicted molar refractivity (Wildman–Crippen MR) is 99.0 cm³/mol. The molecule has 1 amide bonds. The molecule has 3 rings (SSSR count). The van der Waals surface area contributed by atoms with Crippen LogP contribution in [0.3, 0.4) is 0 Å². The van der Waals surface area contributed by atoms with Gasteiger partial charge in [-0.1, -0.05) is 0 Å². The minimum Gasteiger partial charge on any atom is -0.495 e. The molecule has 1 N–H and O–H groups in total. The van der Waals surface area contributed by atoms with Gasteiger partial charge in [0, 0.05) is 37.8 Å². The zero-order chi connectivity index (χ0) is 18.7. The maximum atomic E-state index is 13.0. The van der Waals surface area contributed by atoms with E-state index in [0.717, 1.165) is 25.7 Å². The summed E-state index contributed by atoms with van der Waals surface area (Å²) in [6.45, 7) is 2.35. The molecule has 8 heteroatoms. The second kappa shape index (κ2) is 7.94. The average Bonchev–Trinajstić information content (AvgIpc) is 3.22. The highest BCUT2D eigenvalue weighted by molar-refractivity contribution is 7.89. The number of likely N-dealkylation sites (N-methyl/N-ethyl adjacent to an activating group) is 1. The van der Waals surface area contributed by atoms with E-state index in [1.807, 2.05) is 7.05 Å². The van der Waals surface area contributed by atoms with Crippen molar-refractivity contribution in [2.24, 2.45) is 0 Å². The van der Waals surface area contributed by atoms with Gasteiger partial charge in [-0.2, -0.15) is 4.31 Å². The third-order valence-corrected chi connectivity index (χ3v) is 7.13. The minimum atomic E-state index is -3.66. The number of ether oxygens (including phenoxy) is 1. The van der Waals surface area contributed by atoms with Crippen LogP contribution in [0, 0.1) is 0 Å². The van der Waals surface area contributed by atoms with Gasteiger partial charge in [-0.15, -0.1) is 0 Å². The van der Waals surface area contributed by atoms with Gasteiger partial charge in [0.25, 0.3) is 5.91 Å². The van der Waals surface area contributed by atoms with Crippen molar-refractivity contribution in [1.82, 2.24) is 14.5 Å². The van der Waals surface area contributed by atoms with Crippen LogP contribution in [-0.4, -0.2) is 69.9 Å². The number of likely N-dealkylation sites (tertiary alicyclic amines) is 1. The lowest BCUT2D eigenvalue weighted by Crippen LogP contribution is -2.47. The fourth-order valence-corrected chi connectivity index (χ4v) is 5.36. The summed E-state index contributed by atoms with van der Waals surface area (Å²) in [4.78, 5) is 14.8. The van der Waals surface area contributed by atoms with Gasteiger partial charge in [0.2, 0.25) is 10.0 Å². The van der Waals surface area contributed by atoms with E-state index in [1.165, 1.54) is 17.5 Å². The first-order valence-corrected chi connectivity index (χ1v) is 10.6. The maximum Gasteiger partial charge on any atom is 0.253 e. The number of methoxy groups -OCH3 is 1. The maximum absolute atomic E-state index is 13.0. The van der Waals surface area contributed by atoms with Crippen LogP contribution in [0.2, 0.25) is 0 Å². The second-order valence-electron chi connectivity index (χ2n) is 6.86. The predicted octanol–water partition coefficient (Wildman–Crippen LogP) is 1.30. The molecule has 0 saturated carbocycles. The van der Waals surface area contributed by atoms with Crippen molar-refractivity contribution in [3.8, 4) is 5.75 Å². The third-order valence-electron chi connectivity index (χ3n) is 5.21. The van der Waals surface area contributed by atoms with E-state index in [1.54, 1.807) is 17.0 Å². The quantitative estimate of drug-likeness (QED) is 0.832. The van der Waals surface area contributed by atoms with Gasteiger partial charge in [-0.05, 0) is 50.9 Å². The number of amides is 1. The number of nitrogens with one attached hydrogen (secondary N) is 1. The Morgan fingerprint density at radius 2 is 1.92 bits per heavy atom. The Balaban J connectivity index is 1.91. The molecule has 7 nitrogen and oxygen atoms in total. The number of sulfonamides is 1. The number of carbonyl (C=O) groups is 1. The first-order valence-electron chi connectivity index (χ1n) is 9.12. The van der Waals surface area contributed by atoms with Crippen molar-refractivity contribution in [3.05, 3.63) is 23.8 Å². The molecule has 144 valence electrons. The number of hydrogen-bond acceptors (Lipinski definition) is 5. The molecule has 1 aromatic carbocycles. The Hall–Kier alpha value is -1.64. The molecule has 1 aromatic rings. The van der Waals surface area contributed by atoms with Gasteiger partial charge in [0.15, 0.2) is 0 Å². The van der Waals surface area contributed by atoms with E-state index in [-0.39, 0.29) is 22.6 Å². The van der Waals surface area contributed by atoms with Crippen LogP contribution in [0.4, 0.5) is 0 Å². The third kappa shape index (κ3) is 3.72. The molecule has 26 heavy (non-hydrogen) atoms. The molecule has 1 unspecified atom stereocenters. The van der Waals surface area contributed by atoms with Crippen LogP contribution >= 0.6 is 0 Å². The van der Waals surface area contributed by atoms with E-state index in [0.29, 0.717) is 31.7 Å². The molecule has 1 atom stereocenters. The normalized spacial score (nSPS) is 21.8. The summed E-state index contributed by atoms with van der Waals surface area (Å²) in [6, 6.07) is 4.97. The van der Waals surface area contributed by atoms with Gasteiger partial charge >= 0.3 is 0 Å². The number of carbonyl (C=O) groups excluding carboxylic acids is 1. The average molecular weight is 381 g/mol. The van der Waals surface area contributed by atoms with Gasteiger partial charge < -0.3 is 15.0 Å². The lowest BCUT2D eigenvalue weighted by atomic mass is 10.0. The standard InChI is InChI=1S/C18H27N3O4S/c1-19-15-6-5-9-20(13-15)18(22)14-7-8-16(25-2)17(12-14)26(23,24)21-10-3-4-11-21/h7-8,12,15,19H,3-6,9-11,13H2,1-2H3. The Bertz CT molecular complexity index is 760. The van der Waals surface area contributed by atoms with Crippen molar-refractivity contribution in [3.63, 3.8) is 0 Å². The number of piperidine rings is 1. The van der Waals surface area contributed by atoms with E-state index < -0.39 is 10.0 Å². The highest BCUT2D eigenvalue weighted by Gasteiger charge is 2.31. The van der Waals surface area contributed by atoms with Crippen LogP contribution in [0.5, 0.6) is 5.75 Å². The van der Waals surface area contributed by atoms with Crippen LogP contribution in [0.1, 0.15) is 36.0 Å². The number of nitrogens with zero attached hydrogens (tertiary/aromatic N) is 2. The zero-order valence-corrected chi connectivity index (χ0v) is 16.2. The Morgan fingerprint density at radius 1 is 1.19 bits per heavy atom. The Kier molecular flexibility index (Phi) is 5.84. The van der Waals surface area contributed by atoms with Crippen LogP contribution in [-0.2, 0) is 10.0 Å². The molecule has 2 saturated heterocycles. The van der Waals surface area contributed by atoms with Crippen molar-refractivity contribution < 1.29 is 17.9 Å². The summed E-state index contributed by atoms with van der Waals surface area (Å²) in [7, 11) is -0.316. The first kappa shape index (κ1) is 19.1. The van der Waals surface area contributed by atoms with Crippen LogP contribution < -0.4 is 10.1 Å². The second-order valence-corrected chi connectivity index (χ2v) is 8.76. The van der Waals surface area contributed by atoms with Gasteiger partial charge in [-0.25, -0.2) is 8.42 Å². The molecule has 0 aromatic heterocycles. The molecule has 0 spiro atoms. The summed E-state index contributed by atoms with van der Waals surface area (Å²) >= 11 is 0. The number of hydrogen-bond donors (Lipinski definition) is 1. The van der Waals surface area contributed by atoms with Gasteiger partial charge in [-0.3, -0.25) is 4.79 Å². The molecule has 2 aliphatic rings. The molecular formula is C18H27N3O4S. The van der Waals surface area contributed by atoms with E-state index in [4.69, 9.17) is 4.74 Å². The number of benzene rings is 1. The van der Waals surface area contributed by atoms with Crippen molar-refractivity contribution in [2.45, 2.75) is 36.6 Å². The lowest BCUT2D eigenvalue weighted by molar-refractivity contribution is 0.0698. The molecular weight excluding hydrogens is 354 g/mol. The monoisotopic (exact) mass is 381 g/mol. The molecule has 2 fully saturated rings. The van der Waals surface area contributed by atoms with Crippen LogP contribution in [0.25, 0.3) is 0 Å². The fraction of sp³-hybridized carbons (Fsp3) is 0.611. The lowest BCUT2D eigenvalue weighted by Gasteiger charge is -2.32. The van der Waals surface area contributed by atoms with E-state index >= 15 is 0 Å². The topological polar surface area (TPSA) is 79.0 Å². The van der Waals surface area contributed by atoms with E-state index in [2.05, 4.69) is 5.32 Å². The van der Waals surface area contributed by atoms with Crippen LogP contribution in [0.15, 0.2) is 23.1 Å². The fourth-order valence-electron chi connectivity index (χ4n) is 3.66. The van der Waals surface area contributed by atoms with E-state index in [9.17, 15) is 13.2 Å². The van der Waals surface area contributed by atoms with Gasteiger partial charge in [0.05, 0.1) is 7.11 Å². The van der Waals surface area contributed by atoms with Crippen molar-refractivity contribution in [1.29, 1.82) is 0 Å². The van der Waals surface area contributed by atoms with Crippen molar-refractivity contribution >= 4 is 15.9 Å². The summed E-state index contributed by atoms with van der Waals surface area (Å²) in [5, 5.41) is 3.21. The highest BCUT2D eigenvalue weighted by atomic mass is 32.2. The number of rotatable bonds is 5. The molecule has 2 aliphatic heterocycles. The largest absolute Gasteiger partial charge is 0.495 e. The molecule has 2 heterocycles. The Morgan fingerprint density at radius 3 is 2.58 bits per heavy atom. The summed E-state index contributed by atoms with van der Waals surface area (Å²) in [5.41, 5.74) is 0.389. The highest BCUT2D eigenvalue weighted by Crippen LogP contribution is 2.30. The van der Waals surface area contributed by atoms with Gasteiger partial charge in [0.1, 0.15) is 10.6 Å². The smallest absolute Gasteiger partial charge is 0.253 e. The molecule has 0 aliphatic carbocycles. The molecule has 0 radical (unpaired) electrons. The summed E-state index contributed by atoms with van der Waals surface area (Å²) < 4.78 is 32.7. The summed E-state index contributed by atoms with van der Waals surface area (Å²) in [6.07, 6.45) is 3.70. The Labute approximate surface area is 155 Å². The SMILES string of the molecule is CNC1CCCN(C(=O)c2ccc(OC)c(S(=O)(=O)N3CCCC3)c2)C1. The first-order chi connectivity index (χ1) is 12.5. The molecule has 0 bridgehead atoms. The van der Waals surface area contributed by atoms with Crippen molar-refractivity contribution in [2.75, 3.05) is 40.3 Å². The summed E-state index contributed by atoms with van der Waals surface area (Å²) in [5.74, 6) is 0.144.